The molecule has 0 aliphatic carbocycles. The molecule has 0 saturated carbocycles. The van der Waals surface area contributed by atoms with E-state index in [9.17, 15) is 24.5 Å². The first-order chi connectivity index (χ1) is 13.7. The van der Waals surface area contributed by atoms with Crippen molar-refractivity contribution in [3.8, 4) is 0 Å². The lowest BCUT2D eigenvalue weighted by Crippen LogP contribution is -2.38. The van der Waals surface area contributed by atoms with Crippen molar-refractivity contribution in [2.45, 2.75) is 19.8 Å². The number of likely N-dealkylation sites (N-methyl/N-ethyl adjacent to an activating group) is 1. The van der Waals surface area contributed by atoms with Gasteiger partial charge in [-0.1, -0.05) is 6.92 Å². The third kappa shape index (κ3) is 6.16. The van der Waals surface area contributed by atoms with E-state index in [0.29, 0.717) is 11.6 Å². The molecule has 0 unspecified atom stereocenters. The number of nitrogens with one attached hydrogen (secondary N) is 1. The third-order valence-corrected chi connectivity index (χ3v) is 4.68. The zero-order valence-electron chi connectivity index (χ0n) is 16.8. The normalized spacial score (nSPS) is 16.1. The van der Waals surface area contributed by atoms with Gasteiger partial charge in [0, 0.05) is 33.3 Å². The van der Waals surface area contributed by atoms with Crippen molar-refractivity contribution < 1.29 is 24.0 Å². The highest BCUT2D eigenvalue weighted by Crippen LogP contribution is 2.32. The van der Waals surface area contributed by atoms with Gasteiger partial charge in [0.2, 0.25) is 5.91 Å². The fraction of sp³-hybridized carbons (Fsp3) is 0.526. The molecule has 1 aromatic carbocycles. The van der Waals surface area contributed by atoms with E-state index < -0.39 is 23.4 Å². The van der Waals surface area contributed by atoms with E-state index in [0.717, 1.165) is 25.9 Å². The van der Waals surface area contributed by atoms with Gasteiger partial charge in [-0.25, -0.2) is 4.79 Å². The minimum absolute atomic E-state index is 0.0114. The van der Waals surface area contributed by atoms with Crippen LogP contribution in [0.1, 0.15) is 30.1 Å². The summed E-state index contributed by atoms with van der Waals surface area (Å²) >= 11 is 0. The molecule has 1 N–H and O–H groups in total. The van der Waals surface area contributed by atoms with Crippen LogP contribution in [-0.2, 0) is 14.3 Å². The standard InChI is InChI=1S/C19H26N4O6/c1-13-5-4-8-22(11-13)15-7-6-14(9-16(15)23(27)28)19(26)29-12-17(24)20-10-18(25)21(2)3/h6-7,9,13H,4-5,8,10-12H2,1-3H3,(H,20,24)/t13-/m0/s1. The van der Waals surface area contributed by atoms with E-state index in [1.807, 2.05) is 4.90 Å². The first-order valence-corrected chi connectivity index (χ1v) is 9.36. The van der Waals surface area contributed by atoms with Crippen LogP contribution < -0.4 is 10.2 Å². The topological polar surface area (TPSA) is 122 Å². The Morgan fingerprint density at radius 1 is 1.34 bits per heavy atom. The number of benzene rings is 1. The number of ether oxygens (including phenoxy) is 1. The van der Waals surface area contributed by atoms with Gasteiger partial charge in [0.15, 0.2) is 6.61 Å². The highest BCUT2D eigenvalue weighted by molar-refractivity contribution is 5.93. The lowest BCUT2D eigenvalue weighted by atomic mass is 9.99. The van der Waals surface area contributed by atoms with Gasteiger partial charge in [-0.05, 0) is 30.9 Å². The zero-order chi connectivity index (χ0) is 21.6. The molecule has 2 amide bonds. The van der Waals surface area contributed by atoms with E-state index in [4.69, 9.17) is 4.74 Å². The van der Waals surface area contributed by atoms with E-state index in [1.165, 1.54) is 17.0 Å². The summed E-state index contributed by atoms with van der Waals surface area (Å²) in [7, 11) is 3.10. The second kappa shape index (κ2) is 9.85. The molecule has 158 valence electrons. The van der Waals surface area contributed by atoms with Crippen LogP contribution >= 0.6 is 0 Å². The number of hydrogen-bond donors (Lipinski definition) is 1. The minimum atomic E-state index is -0.847. The molecule has 1 heterocycles. The predicted octanol–water partition coefficient (Wildman–Crippen LogP) is 1.19. The molecule has 1 aromatic rings. The van der Waals surface area contributed by atoms with Gasteiger partial charge < -0.3 is 19.9 Å². The smallest absolute Gasteiger partial charge is 0.338 e. The lowest BCUT2D eigenvalue weighted by Gasteiger charge is -2.32. The number of amides is 2. The van der Waals surface area contributed by atoms with Crippen molar-refractivity contribution in [3.63, 3.8) is 0 Å². The fourth-order valence-electron chi connectivity index (χ4n) is 3.07. The molecule has 0 radical (unpaired) electrons. The maximum Gasteiger partial charge on any atom is 0.338 e. The number of piperidine rings is 1. The zero-order valence-corrected chi connectivity index (χ0v) is 16.8. The van der Waals surface area contributed by atoms with Crippen LogP contribution in [0.25, 0.3) is 0 Å². The Balaban J connectivity index is 2.01. The first kappa shape index (κ1) is 22.1. The summed E-state index contributed by atoms with van der Waals surface area (Å²) in [6, 6.07) is 4.17. The van der Waals surface area contributed by atoms with Crippen LogP contribution in [0.2, 0.25) is 0 Å². The Labute approximate surface area is 168 Å². The van der Waals surface area contributed by atoms with Crippen molar-refractivity contribution in [3.05, 3.63) is 33.9 Å². The summed E-state index contributed by atoms with van der Waals surface area (Å²) in [5.41, 5.74) is 0.287. The number of nitro benzene ring substituents is 1. The Morgan fingerprint density at radius 2 is 2.07 bits per heavy atom. The summed E-state index contributed by atoms with van der Waals surface area (Å²) in [6.07, 6.45) is 2.03. The number of carbonyl (C=O) groups is 3. The molecule has 0 aromatic heterocycles. The Kier molecular flexibility index (Phi) is 7.52. The van der Waals surface area contributed by atoms with Crippen molar-refractivity contribution in [2.24, 2.45) is 5.92 Å². The fourth-order valence-corrected chi connectivity index (χ4v) is 3.07. The molecule has 1 atom stereocenters. The molecule has 1 saturated heterocycles. The number of nitro groups is 1. The van der Waals surface area contributed by atoms with Crippen LogP contribution in [-0.4, -0.2) is 67.9 Å². The average molecular weight is 406 g/mol. The van der Waals surface area contributed by atoms with Gasteiger partial charge in [-0.3, -0.25) is 19.7 Å². The van der Waals surface area contributed by atoms with Gasteiger partial charge in [0.05, 0.1) is 17.0 Å². The number of rotatable bonds is 7. The second-order valence-electron chi connectivity index (χ2n) is 7.30. The lowest BCUT2D eigenvalue weighted by molar-refractivity contribution is -0.384. The molecule has 1 aliphatic rings. The highest BCUT2D eigenvalue weighted by atomic mass is 16.6. The predicted molar refractivity (Wildman–Crippen MR) is 106 cm³/mol. The van der Waals surface area contributed by atoms with Crippen LogP contribution in [0, 0.1) is 16.0 Å². The summed E-state index contributed by atoms with van der Waals surface area (Å²) in [5.74, 6) is -1.35. The van der Waals surface area contributed by atoms with Crippen molar-refractivity contribution in [2.75, 3.05) is 45.2 Å². The number of carbonyl (C=O) groups excluding carboxylic acids is 3. The summed E-state index contributed by atoms with van der Waals surface area (Å²) in [5, 5.41) is 13.9. The van der Waals surface area contributed by atoms with Crippen molar-refractivity contribution >= 4 is 29.2 Å². The Hall–Kier alpha value is -3.17. The number of esters is 1. The largest absolute Gasteiger partial charge is 0.452 e. The molecule has 29 heavy (non-hydrogen) atoms. The Bertz CT molecular complexity index is 795. The monoisotopic (exact) mass is 406 g/mol. The maximum atomic E-state index is 12.2. The molecule has 0 spiro atoms. The molecule has 1 aliphatic heterocycles. The average Bonchev–Trinajstić information content (AvgIpc) is 2.69. The van der Waals surface area contributed by atoms with Crippen molar-refractivity contribution in [1.82, 2.24) is 10.2 Å². The quantitative estimate of drug-likeness (QED) is 0.410. The minimum Gasteiger partial charge on any atom is -0.452 e. The van der Waals surface area contributed by atoms with Crippen LogP contribution in [0.4, 0.5) is 11.4 Å². The van der Waals surface area contributed by atoms with E-state index in [1.54, 1.807) is 20.2 Å². The highest BCUT2D eigenvalue weighted by Gasteiger charge is 2.25. The summed E-state index contributed by atoms with van der Waals surface area (Å²) < 4.78 is 4.91. The molecule has 0 bridgehead atoms. The number of hydrogen-bond acceptors (Lipinski definition) is 7. The maximum absolute atomic E-state index is 12.2. The van der Waals surface area contributed by atoms with Crippen molar-refractivity contribution in [1.29, 1.82) is 0 Å². The van der Waals surface area contributed by atoms with Crippen LogP contribution in [0.3, 0.4) is 0 Å². The van der Waals surface area contributed by atoms with Gasteiger partial charge in [0.25, 0.3) is 11.6 Å². The van der Waals surface area contributed by atoms with Gasteiger partial charge in [0.1, 0.15) is 5.69 Å². The SMILES string of the molecule is C[C@H]1CCCN(c2ccc(C(=O)OCC(=O)NCC(=O)N(C)C)cc2[N+](=O)[O-])C1. The number of anilines is 1. The number of nitrogens with zero attached hydrogens (tertiary/aromatic N) is 3. The van der Waals surface area contributed by atoms with E-state index >= 15 is 0 Å². The Morgan fingerprint density at radius 3 is 2.69 bits per heavy atom. The molecule has 10 nitrogen and oxygen atoms in total. The van der Waals surface area contributed by atoms with E-state index in [-0.39, 0.29) is 23.7 Å². The molecular formula is C19H26N4O6. The van der Waals surface area contributed by atoms with Gasteiger partial charge in [-0.2, -0.15) is 0 Å². The molecule has 1 fully saturated rings. The van der Waals surface area contributed by atoms with Crippen LogP contribution in [0.5, 0.6) is 0 Å². The molecule has 10 heteroatoms. The van der Waals surface area contributed by atoms with Crippen LogP contribution in [0.15, 0.2) is 18.2 Å². The summed E-state index contributed by atoms with van der Waals surface area (Å²) in [4.78, 5) is 49.6. The molecule has 2 rings (SSSR count). The van der Waals surface area contributed by atoms with Gasteiger partial charge >= 0.3 is 5.97 Å². The second-order valence-corrected chi connectivity index (χ2v) is 7.30. The first-order valence-electron chi connectivity index (χ1n) is 9.36. The third-order valence-electron chi connectivity index (χ3n) is 4.68. The summed E-state index contributed by atoms with van der Waals surface area (Å²) in [6.45, 7) is 2.74. The van der Waals surface area contributed by atoms with Gasteiger partial charge in [-0.15, -0.1) is 0 Å². The van der Waals surface area contributed by atoms with E-state index in [2.05, 4.69) is 12.2 Å². The molecular weight excluding hydrogens is 380 g/mol.